The smallest absolute Gasteiger partial charge is 0.459 e. The molecule has 17 heteroatoms. The Morgan fingerprint density at radius 2 is 1.82 bits per heavy atom. The number of anilines is 1. The molecule has 0 spiro atoms. The number of rotatable bonds is 12. The summed E-state index contributed by atoms with van der Waals surface area (Å²) in [5.41, 5.74) is 4.25. The van der Waals surface area contributed by atoms with Crippen molar-refractivity contribution < 1.29 is 46.9 Å². The van der Waals surface area contributed by atoms with E-state index in [1.54, 1.807) is 32.0 Å². The van der Waals surface area contributed by atoms with E-state index in [1.807, 2.05) is 6.07 Å². The summed E-state index contributed by atoms with van der Waals surface area (Å²) < 4.78 is 49.3. The Morgan fingerprint density at radius 3 is 2.44 bits per heavy atom. The van der Waals surface area contributed by atoms with Crippen molar-refractivity contribution in [1.29, 1.82) is 5.26 Å². The van der Waals surface area contributed by atoms with Crippen LogP contribution in [0.3, 0.4) is 0 Å². The molecule has 240 valence electrons. The van der Waals surface area contributed by atoms with Crippen LogP contribution >= 0.6 is 7.75 Å². The number of nitrogen functional groups attached to an aromatic ring is 1. The largest absolute Gasteiger partial charge is 0.462 e. The molecule has 1 aliphatic heterocycles. The lowest BCUT2D eigenvalue weighted by Gasteiger charge is -2.28. The van der Waals surface area contributed by atoms with Crippen LogP contribution in [0.25, 0.3) is 5.52 Å². The summed E-state index contributed by atoms with van der Waals surface area (Å²) >= 11 is 0. The van der Waals surface area contributed by atoms with Gasteiger partial charge in [0.1, 0.15) is 35.8 Å². The summed E-state index contributed by atoms with van der Waals surface area (Å²) in [4.78, 5) is 41.0. The molecule has 1 saturated heterocycles. The second kappa shape index (κ2) is 13.6. The third-order valence-electron chi connectivity index (χ3n) is 6.46. The fourth-order valence-corrected chi connectivity index (χ4v) is 6.18. The number of fused-ring (bicyclic) bond motifs is 1. The fraction of sp³-hybridized carbons (Fsp3) is 0.429. The van der Waals surface area contributed by atoms with Gasteiger partial charge in [-0.25, -0.2) is 14.1 Å². The van der Waals surface area contributed by atoms with Gasteiger partial charge in [0.25, 0.3) is 0 Å². The normalized spacial score (nSPS) is 23.1. The van der Waals surface area contributed by atoms with E-state index in [-0.39, 0.29) is 17.3 Å². The Bertz CT molecular complexity index is 1640. The zero-order valence-corrected chi connectivity index (χ0v) is 26.0. The molecule has 3 heterocycles. The van der Waals surface area contributed by atoms with Crippen LogP contribution < -0.4 is 15.3 Å². The molecule has 0 bridgehead atoms. The number of hydrogen-bond acceptors (Lipinski definition) is 14. The minimum atomic E-state index is -4.42. The standard InChI is InChI=1S/C28H33N6O10P/c1-16(2)40-27(37)17(3)33-45(38,44-20-9-7-6-8-10-20)39-13-22-24(41-18(4)35)25(42-19(5)36)28(14-29,43-22)23-12-11-21-26(30)31-15-32-34(21)23/h6-12,15-17,22,24-25H,13H2,1-5H3,(H,33,38)(H2,30,31,32)/t17-,22+,24+,25+,28-,45?/m0/s1. The number of hydrogen-bond donors (Lipinski definition) is 2. The zero-order chi connectivity index (χ0) is 32.9. The second-order valence-corrected chi connectivity index (χ2v) is 12.0. The molecule has 3 aromatic rings. The van der Waals surface area contributed by atoms with E-state index in [9.17, 15) is 24.2 Å². The zero-order valence-electron chi connectivity index (χ0n) is 25.1. The molecule has 1 unspecified atom stereocenters. The summed E-state index contributed by atoms with van der Waals surface area (Å²) in [7, 11) is -4.42. The van der Waals surface area contributed by atoms with Crippen molar-refractivity contribution in [3.05, 3.63) is 54.5 Å². The lowest BCUT2D eigenvalue weighted by Crippen LogP contribution is -2.45. The van der Waals surface area contributed by atoms with Crippen molar-refractivity contribution in [3.63, 3.8) is 0 Å². The van der Waals surface area contributed by atoms with Gasteiger partial charge in [-0.05, 0) is 45.0 Å². The Morgan fingerprint density at radius 1 is 1.13 bits per heavy atom. The molecule has 0 radical (unpaired) electrons. The number of nitrogens with one attached hydrogen (secondary N) is 1. The van der Waals surface area contributed by atoms with Gasteiger partial charge < -0.3 is 29.2 Å². The van der Waals surface area contributed by atoms with Gasteiger partial charge in [-0.3, -0.25) is 18.9 Å². The van der Waals surface area contributed by atoms with Gasteiger partial charge in [0, 0.05) is 13.8 Å². The molecule has 1 aliphatic rings. The van der Waals surface area contributed by atoms with E-state index in [0.29, 0.717) is 5.52 Å². The number of benzene rings is 1. The molecule has 0 aliphatic carbocycles. The van der Waals surface area contributed by atoms with Crippen LogP contribution in [0, 0.1) is 11.3 Å². The van der Waals surface area contributed by atoms with Gasteiger partial charge in [0.2, 0.25) is 5.60 Å². The van der Waals surface area contributed by atoms with Crippen molar-refractivity contribution >= 4 is 37.0 Å². The Kier molecular flexibility index (Phi) is 10.1. The minimum Gasteiger partial charge on any atom is -0.462 e. The minimum absolute atomic E-state index is 0.0758. The van der Waals surface area contributed by atoms with Crippen LogP contribution in [0.1, 0.15) is 40.3 Å². The van der Waals surface area contributed by atoms with Crippen LogP contribution in [0.15, 0.2) is 48.8 Å². The first-order valence-electron chi connectivity index (χ1n) is 13.8. The predicted octanol–water partition coefficient (Wildman–Crippen LogP) is 2.43. The number of nitrogens with two attached hydrogens (primary N) is 1. The molecule has 0 amide bonds. The molecule has 0 saturated carbocycles. The number of para-hydroxylation sites is 1. The quantitative estimate of drug-likeness (QED) is 0.164. The molecule has 1 aromatic carbocycles. The molecule has 4 rings (SSSR count). The maximum atomic E-state index is 14.1. The lowest BCUT2D eigenvalue weighted by molar-refractivity contribution is -0.166. The van der Waals surface area contributed by atoms with Gasteiger partial charge in [-0.15, -0.1) is 0 Å². The van der Waals surface area contributed by atoms with E-state index < -0.39 is 68.3 Å². The summed E-state index contributed by atoms with van der Waals surface area (Å²) in [6.07, 6.45) is -3.64. The van der Waals surface area contributed by atoms with Crippen molar-refractivity contribution in [2.75, 3.05) is 12.3 Å². The average Bonchev–Trinajstić information content (AvgIpc) is 3.52. The van der Waals surface area contributed by atoms with Gasteiger partial charge in [-0.2, -0.15) is 15.4 Å². The van der Waals surface area contributed by atoms with Crippen LogP contribution in [-0.2, 0) is 48.0 Å². The molecule has 45 heavy (non-hydrogen) atoms. The van der Waals surface area contributed by atoms with Gasteiger partial charge in [-0.1, -0.05) is 18.2 Å². The number of nitrogens with zero attached hydrogens (tertiary/aromatic N) is 4. The first kappa shape index (κ1) is 33.3. The van der Waals surface area contributed by atoms with Crippen LogP contribution in [0.4, 0.5) is 5.82 Å². The summed E-state index contributed by atoms with van der Waals surface area (Å²) in [6, 6.07) is 11.9. The van der Waals surface area contributed by atoms with Gasteiger partial charge in [0.15, 0.2) is 18.0 Å². The maximum Gasteiger partial charge on any atom is 0.459 e. The predicted molar refractivity (Wildman–Crippen MR) is 155 cm³/mol. The third-order valence-corrected chi connectivity index (χ3v) is 8.10. The van der Waals surface area contributed by atoms with E-state index in [1.165, 1.54) is 35.7 Å². The van der Waals surface area contributed by atoms with Crippen LogP contribution in [-0.4, -0.2) is 69.6 Å². The number of carbonyl (C=O) groups excluding carboxylic acids is 3. The molecule has 2 aromatic heterocycles. The number of carbonyl (C=O) groups is 3. The van der Waals surface area contributed by atoms with Crippen molar-refractivity contribution in [2.45, 2.75) is 70.7 Å². The van der Waals surface area contributed by atoms with Gasteiger partial charge in [0.05, 0.1) is 18.4 Å². The highest BCUT2D eigenvalue weighted by atomic mass is 31.2. The van der Waals surface area contributed by atoms with Crippen molar-refractivity contribution in [3.8, 4) is 11.8 Å². The highest BCUT2D eigenvalue weighted by molar-refractivity contribution is 7.52. The SMILES string of the molecule is CC(=O)O[C@H]1[C@@H](OC(C)=O)[C@](C#N)(c2ccc3c(N)ncnn23)O[C@@H]1COP(=O)(N[C@@H](C)C(=O)OC(C)C)Oc1ccccc1. The van der Waals surface area contributed by atoms with E-state index in [0.717, 1.165) is 20.2 Å². The number of aromatic nitrogens is 3. The van der Waals surface area contributed by atoms with E-state index in [4.69, 9.17) is 33.7 Å². The molecular weight excluding hydrogens is 611 g/mol. The molecule has 1 fully saturated rings. The third kappa shape index (κ3) is 7.40. The molecule has 16 nitrogen and oxygen atoms in total. The summed E-state index contributed by atoms with van der Waals surface area (Å²) in [5, 5.41) is 17.3. The van der Waals surface area contributed by atoms with E-state index >= 15 is 0 Å². The molecule has 3 N–H and O–H groups in total. The highest BCUT2D eigenvalue weighted by Gasteiger charge is 2.62. The Hall–Kier alpha value is -4.55. The Labute approximate surface area is 258 Å². The topological polar surface area (TPSA) is 216 Å². The van der Waals surface area contributed by atoms with Crippen LogP contribution in [0.2, 0.25) is 0 Å². The molecule has 6 atom stereocenters. The monoisotopic (exact) mass is 644 g/mol. The lowest BCUT2D eigenvalue weighted by atomic mass is 9.92. The number of esters is 3. The highest BCUT2D eigenvalue weighted by Crippen LogP contribution is 2.48. The summed E-state index contributed by atoms with van der Waals surface area (Å²) in [5.74, 6) is -2.09. The first-order valence-corrected chi connectivity index (χ1v) is 15.3. The first-order chi connectivity index (χ1) is 21.3. The Balaban J connectivity index is 1.73. The van der Waals surface area contributed by atoms with Crippen molar-refractivity contribution in [1.82, 2.24) is 19.7 Å². The van der Waals surface area contributed by atoms with E-state index in [2.05, 4.69) is 15.2 Å². The van der Waals surface area contributed by atoms with Gasteiger partial charge >= 0.3 is 25.7 Å². The fourth-order valence-electron chi connectivity index (χ4n) is 4.68. The van der Waals surface area contributed by atoms with Crippen molar-refractivity contribution in [2.24, 2.45) is 0 Å². The second-order valence-electron chi connectivity index (χ2n) is 10.3. The number of nitriles is 1. The average molecular weight is 645 g/mol. The summed E-state index contributed by atoms with van der Waals surface area (Å²) in [6.45, 7) is 6.31. The molecular formula is C28H33N6O10P. The maximum absolute atomic E-state index is 14.1. The number of ether oxygens (including phenoxy) is 4. The van der Waals surface area contributed by atoms with Crippen LogP contribution in [0.5, 0.6) is 5.75 Å².